The highest BCUT2D eigenvalue weighted by molar-refractivity contribution is 5.22. The maximum absolute atomic E-state index is 12.7. The molecule has 0 amide bonds. The Balaban J connectivity index is 2.77. The molecule has 2 nitrogen and oxygen atoms in total. The molecule has 3 heteroatoms. The lowest BCUT2D eigenvalue weighted by atomic mass is 9.93. The van der Waals surface area contributed by atoms with E-state index in [1.165, 1.54) is 12.1 Å². The predicted octanol–water partition coefficient (Wildman–Crippen LogP) is 2.65. The number of hydrogen-bond donors (Lipinski definition) is 1. The molecule has 16 heavy (non-hydrogen) atoms. The van der Waals surface area contributed by atoms with Crippen LogP contribution in [0, 0.1) is 17.1 Å². The smallest absolute Gasteiger partial charge is 0.123 e. The molecule has 1 aromatic rings. The van der Waals surface area contributed by atoms with Gasteiger partial charge in [-0.1, -0.05) is 12.1 Å². The maximum atomic E-state index is 12.7. The van der Waals surface area contributed by atoms with Crippen molar-refractivity contribution in [2.75, 3.05) is 0 Å². The minimum absolute atomic E-state index is 0.241. The van der Waals surface area contributed by atoms with Crippen molar-refractivity contribution in [1.82, 2.24) is 5.32 Å². The lowest BCUT2D eigenvalue weighted by Gasteiger charge is -2.25. The second-order valence-corrected chi connectivity index (χ2v) is 4.55. The number of hydrogen-bond acceptors (Lipinski definition) is 2. The molecule has 86 valence electrons. The number of halogens is 1. The molecule has 0 saturated heterocycles. The van der Waals surface area contributed by atoms with Crippen LogP contribution in [0.15, 0.2) is 24.3 Å². The summed E-state index contributed by atoms with van der Waals surface area (Å²) in [5, 5.41) is 12.4. The SMILES string of the molecule is CC(C)NC(C)(C#N)Cc1ccc(F)cc1. The van der Waals surface area contributed by atoms with E-state index < -0.39 is 5.54 Å². The number of rotatable bonds is 4. The lowest BCUT2D eigenvalue weighted by molar-refractivity contribution is 0.403. The molecule has 0 bridgehead atoms. The van der Waals surface area contributed by atoms with Gasteiger partial charge in [-0.2, -0.15) is 5.26 Å². The first-order valence-corrected chi connectivity index (χ1v) is 5.38. The molecular formula is C13H17FN2. The summed E-state index contributed by atoms with van der Waals surface area (Å²) in [5.41, 5.74) is 0.352. The van der Waals surface area contributed by atoms with Crippen molar-refractivity contribution in [2.24, 2.45) is 0 Å². The molecule has 0 aliphatic carbocycles. The van der Waals surface area contributed by atoms with Crippen molar-refractivity contribution in [3.63, 3.8) is 0 Å². The van der Waals surface area contributed by atoms with Crippen molar-refractivity contribution in [2.45, 2.75) is 38.8 Å². The highest BCUT2D eigenvalue weighted by Crippen LogP contribution is 2.14. The zero-order valence-corrected chi connectivity index (χ0v) is 9.92. The van der Waals surface area contributed by atoms with Crippen molar-refractivity contribution >= 4 is 0 Å². The minimum atomic E-state index is -0.605. The van der Waals surface area contributed by atoms with Crippen molar-refractivity contribution < 1.29 is 4.39 Å². The van der Waals surface area contributed by atoms with Gasteiger partial charge in [0.1, 0.15) is 11.4 Å². The third kappa shape index (κ3) is 3.63. The third-order valence-corrected chi connectivity index (χ3v) is 2.32. The van der Waals surface area contributed by atoms with Gasteiger partial charge in [-0.15, -0.1) is 0 Å². The van der Waals surface area contributed by atoms with E-state index in [1.807, 2.05) is 20.8 Å². The fraction of sp³-hybridized carbons (Fsp3) is 0.462. The minimum Gasteiger partial charge on any atom is -0.297 e. The number of nitrogens with zero attached hydrogens (tertiary/aromatic N) is 1. The van der Waals surface area contributed by atoms with Gasteiger partial charge in [0.2, 0.25) is 0 Å². The summed E-state index contributed by atoms with van der Waals surface area (Å²) in [4.78, 5) is 0. The van der Waals surface area contributed by atoms with Gasteiger partial charge >= 0.3 is 0 Å². The molecular weight excluding hydrogens is 203 g/mol. The number of benzene rings is 1. The second kappa shape index (κ2) is 5.09. The first-order chi connectivity index (χ1) is 7.45. The average Bonchev–Trinajstić information content (AvgIpc) is 2.20. The van der Waals surface area contributed by atoms with Gasteiger partial charge in [0.25, 0.3) is 0 Å². The summed E-state index contributed by atoms with van der Waals surface area (Å²) in [6.07, 6.45) is 0.571. The van der Waals surface area contributed by atoms with E-state index in [4.69, 9.17) is 5.26 Å². The van der Waals surface area contributed by atoms with Crippen LogP contribution in [-0.2, 0) is 6.42 Å². The zero-order chi connectivity index (χ0) is 12.2. The lowest BCUT2D eigenvalue weighted by Crippen LogP contribution is -2.46. The Labute approximate surface area is 96.1 Å². The van der Waals surface area contributed by atoms with Crippen LogP contribution in [0.1, 0.15) is 26.3 Å². The van der Waals surface area contributed by atoms with Gasteiger partial charge in [0, 0.05) is 12.5 Å². The van der Waals surface area contributed by atoms with Gasteiger partial charge in [-0.25, -0.2) is 4.39 Å². The van der Waals surface area contributed by atoms with Crippen LogP contribution >= 0.6 is 0 Å². The summed E-state index contributed by atoms with van der Waals surface area (Å²) in [6, 6.07) is 8.78. The molecule has 1 aromatic carbocycles. The molecule has 1 unspecified atom stereocenters. The van der Waals surface area contributed by atoms with E-state index in [1.54, 1.807) is 12.1 Å². The molecule has 0 aromatic heterocycles. The summed E-state index contributed by atoms with van der Waals surface area (Å²) in [6.45, 7) is 5.86. The molecule has 0 saturated carbocycles. The van der Waals surface area contributed by atoms with Gasteiger partial charge in [0.15, 0.2) is 0 Å². The summed E-state index contributed by atoms with van der Waals surface area (Å²) < 4.78 is 12.7. The largest absolute Gasteiger partial charge is 0.297 e. The third-order valence-electron chi connectivity index (χ3n) is 2.32. The van der Waals surface area contributed by atoms with Gasteiger partial charge in [-0.05, 0) is 38.5 Å². The molecule has 0 aliphatic rings. The van der Waals surface area contributed by atoms with Crippen LogP contribution in [0.2, 0.25) is 0 Å². The Morgan fingerprint density at radius 3 is 2.38 bits per heavy atom. The summed E-state index contributed by atoms with van der Waals surface area (Å²) >= 11 is 0. The molecule has 0 spiro atoms. The topological polar surface area (TPSA) is 35.8 Å². The van der Waals surface area contributed by atoms with Crippen LogP contribution < -0.4 is 5.32 Å². The zero-order valence-electron chi connectivity index (χ0n) is 9.92. The van der Waals surface area contributed by atoms with Crippen LogP contribution in [-0.4, -0.2) is 11.6 Å². The molecule has 1 atom stereocenters. The molecule has 0 radical (unpaired) electrons. The highest BCUT2D eigenvalue weighted by atomic mass is 19.1. The maximum Gasteiger partial charge on any atom is 0.123 e. The van der Waals surface area contributed by atoms with Crippen LogP contribution in [0.3, 0.4) is 0 Å². The van der Waals surface area contributed by atoms with E-state index in [2.05, 4.69) is 11.4 Å². The van der Waals surface area contributed by atoms with Gasteiger partial charge < -0.3 is 0 Å². The Bertz CT molecular complexity index is 378. The van der Waals surface area contributed by atoms with Crippen molar-refractivity contribution in [3.05, 3.63) is 35.6 Å². The van der Waals surface area contributed by atoms with Gasteiger partial charge in [-0.3, -0.25) is 5.32 Å². The highest BCUT2D eigenvalue weighted by Gasteiger charge is 2.24. The predicted molar refractivity (Wildman–Crippen MR) is 62.4 cm³/mol. The van der Waals surface area contributed by atoms with Crippen LogP contribution in [0.5, 0.6) is 0 Å². The van der Waals surface area contributed by atoms with E-state index in [9.17, 15) is 4.39 Å². The normalized spacial score (nSPS) is 14.5. The Kier molecular flexibility index (Phi) is 4.03. The molecule has 0 heterocycles. The Morgan fingerprint density at radius 2 is 1.94 bits per heavy atom. The number of nitrogens with one attached hydrogen (secondary N) is 1. The fourth-order valence-corrected chi connectivity index (χ4v) is 1.77. The van der Waals surface area contributed by atoms with E-state index in [0.29, 0.717) is 6.42 Å². The Morgan fingerprint density at radius 1 is 1.38 bits per heavy atom. The van der Waals surface area contributed by atoms with E-state index in [0.717, 1.165) is 5.56 Å². The molecule has 0 aliphatic heterocycles. The van der Waals surface area contributed by atoms with Crippen LogP contribution in [0.4, 0.5) is 4.39 Å². The van der Waals surface area contributed by atoms with Gasteiger partial charge in [0.05, 0.1) is 6.07 Å². The summed E-state index contributed by atoms with van der Waals surface area (Å²) in [7, 11) is 0. The Hall–Kier alpha value is -1.40. The molecule has 1 N–H and O–H groups in total. The molecule has 1 rings (SSSR count). The van der Waals surface area contributed by atoms with E-state index in [-0.39, 0.29) is 11.9 Å². The van der Waals surface area contributed by atoms with E-state index >= 15 is 0 Å². The summed E-state index contributed by atoms with van der Waals surface area (Å²) in [5.74, 6) is -0.251. The standard InChI is InChI=1S/C13H17FN2/c1-10(2)16-13(3,9-15)8-11-4-6-12(14)7-5-11/h4-7,10,16H,8H2,1-3H3. The quantitative estimate of drug-likeness (QED) is 0.846. The first-order valence-electron chi connectivity index (χ1n) is 5.38. The monoisotopic (exact) mass is 220 g/mol. The molecule has 0 fully saturated rings. The number of nitriles is 1. The second-order valence-electron chi connectivity index (χ2n) is 4.55. The van der Waals surface area contributed by atoms with Crippen LogP contribution in [0.25, 0.3) is 0 Å². The van der Waals surface area contributed by atoms with Crippen molar-refractivity contribution in [3.8, 4) is 6.07 Å². The van der Waals surface area contributed by atoms with Crippen molar-refractivity contribution in [1.29, 1.82) is 5.26 Å². The first kappa shape index (κ1) is 12.7. The average molecular weight is 220 g/mol. The fourth-order valence-electron chi connectivity index (χ4n) is 1.77.